The Bertz CT molecular complexity index is 1110. The average Bonchev–Trinajstić information content (AvgIpc) is 3.10. The molecule has 0 fully saturated rings. The molecule has 6 nitrogen and oxygen atoms in total. The van der Waals surface area contributed by atoms with Gasteiger partial charge < -0.3 is 9.30 Å². The highest BCUT2D eigenvalue weighted by molar-refractivity contribution is 7.99. The molecule has 0 aliphatic carbocycles. The molecule has 0 radical (unpaired) electrons. The van der Waals surface area contributed by atoms with Crippen LogP contribution in [-0.4, -0.2) is 39.4 Å². The lowest BCUT2D eigenvalue weighted by atomic mass is 10.2. The van der Waals surface area contributed by atoms with Crippen molar-refractivity contribution in [3.05, 3.63) is 43.8 Å². The third kappa shape index (κ3) is 3.68. The van der Waals surface area contributed by atoms with E-state index in [1.165, 1.54) is 23.1 Å². The van der Waals surface area contributed by atoms with Crippen LogP contribution in [0.25, 0.3) is 10.2 Å². The molecule has 0 spiro atoms. The molecular weight excluding hydrogens is 394 g/mol. The number of nitrogens with zero attached hydrogens (tertiary/aromatic N) is 3. The molecule has 3 heterocycles. The van der Waals surface area contributed by atoms with E-state index >= 15 is 0 Å². The number of carbonyl (C=O) groups excluding carboxylic acids is 1. The van der Waals surface area contributed by atoms with E-state index in [1.54, 1.807) is 18.7 Å². The number of fused-ring (bicyclic) bond motifs is 1. The standard InChI is InChI=1S/C20H25N3O3S2/c1-11-9-15(13(3)23(11)7-8-26-6)16(24)10-27-20-21-18-17(19(25)22(20)5)12(2)14(4)28-18/h9H,7-8,10H2,1-6H3. The zero-order valence-electron chi connectivity index (χ0n) is 17.1. The Kier molecular flexibility index (Phi) is 6.12. The second-order valence-corrected chi connectivity index (χ2v) is 9.01. The Morgan fingerprint density at radius 3 is 2.68 bits per heavy atom. The number of methoxy groups -OCH3 is 1. The first-order chi connectivity index (χ1) is 13.3. The largest absolute Gasteiger partial charge is 0.383 e. The average molecular weight is 420 g/mol. The summed E-state index contributed by atoms with van der Waals surface area (Å²) in [5, 5.41) is 1.25. The van der Waals surface area contributed by atoms with Crippen LogP contribution in [0.1, 0.15) is 32.2 Å². The number of hydrogen-bond acceptors (Lipinski definition) is 6. The molecule has 3 aromatic heterocycles. The summed E-state index contributed by atoms with van der Waals surface area (Å²) in [6.07, 6.45) is 0. The van der Waals surface area contributed by atoms with Gasteiger partial charge in [0, 0.05) is 42.5 Å². The van der Waals surface area contributed by atoms with Gasteiger partial charge in [-0.2, -0.15) is 0 Å². The summed E-state index contributed by atoms with van der Waals surface area (Å²) in [7, 11) is 3.38. The van der Waals surface area contributed by atoms with E-state index < -0.39 is 0 Å². The van der Waals surface area contributed by atoms with Crippen molar-refractivity contribution in [3.63, 3.8) is 0 Å². The van der Waals surface area contributed by atoms with E-state index in [0.717, 1.165) is 38.8 Å². The van der Waals surface area contributed by atoms with Crippen LogP contribution in [0, 0.1) is 27.7 Å². The van der Waals surface area contributed by atoms with Crippen molar-refractivity contribution in [1.29, 1.82) is 0 Å². The van der Waals surface area contributed by atoms with Crippen LogP contribution in [0.4, 0.5) is 0 Å². The Labute approximate surface area is 172 Å². The first-order valence-electron chi connectivity index (χ1n) is 9.04. The van der Waals surface area contributed by atoms with Crippen molar-refractivity contribution in [2.45, 2.75) is 39.4 Å². The molecule has 28 heavy (non-hydrogen) atoms. The highest BCUT2D eigenvalue weighted by atomic mass is 32.2. The van der Waals surface area contributed by atoms with Gasteiger partial charge in [0.15, 0.2) is 10.9 Å². The van der Waals surface area contributed by atoms with Gasteiger partial charge in [-0.25, -0.2) is 4.98 Å². The van der Waals surface area contributed by atoms with Crippen molar-refractivity contribution in [2.75, 3.05) is 19.5 Å². The van der Waals surface area contributed by atoms with Gasteiger partial charge in [0.05, 0.1) is 17.7 Å². The predicted molar refractivity (Wildman–Crippen MR) is 115 cm³/mol. The van der Waals surface area contributed by atoms with Crippen LogP contribution < -0.4 is 5.56 Å². The summed E-state index contributed by atoms with van der Waals surface area (Å²) in [5.41, 5.74) is 3.64. The van der Waals surface area contributed by atoms with Crippen molar-refractivity contribution in [2.24, 2.45) is 7.05 Å². The molecular formula is C20H25N3O3S2. The molecule has 0 amide bonds. The summed E-state index contributed by atoms with van der Waals surface area (Å²) in [6.45, 7) is 9.22. The van der Waals surface area contributed by atoms with Crippen LogP contribution in [0.3, 0.4) is 0 Å². The molecule has 0 saturated carbocycles. The van der Waals surface area contributed by atoms with Gasteiger partial charge >= 0.3 is 0 Å². The molecule has 0 unspecified atom stereocenters. The summed E-state index contributed by atoms with van der Waals surface area (Å²) in [6, 6.07) is 1.93. The quantitative estimate of drug-likeness (QED) is 0.332. The summed E-state index contributed by atoms with van der Waals surface area (Å²) >= 11 is 2.83. The van der Waals surface area contributed by atoms with E-state index in [2.05, 4.69) is 9.55 Å². The molecule has 8 heteroatoms. The highest BCUT2D eigenvalue weighted by Gasteiger charge is 2.19. The third-order valence-corrected chi connectivity index (χ3v) is 7.23. The van der Waals surface area contributed by atoms with Crippen LogP contribution in [-0.2, 0) is 18.3 Å². The normalized spacial score (nSPS) is 11.5. The second kappa shape index (κ2) is 8.23. The first kappa shape index (κ1) is 20.8. The van der Waals surface area contributed by atoms with Gasteiger partial charge in [-0.3, -0.25) is 14.2 Å². The van der Waals surface area contributed by atoms with E-state index in [9.17, 15) is 9.59 Å². The maximum Gasteiger partial charge on any atom is 0.262 e. The van der Waals surface area contributed by atoms with Crippen LogP contribution in [0.5, 0.6) is 0 Å². The summed E-state index contributed by atoms with van der Waals surface area (Å²) < 4.78 is 8.79. The van der Waals surface area contributed by atoms with Crippen molar-refractivity contribution in [3.8, 4) is 0 Å². The molecule has 0 N–H and O–H groups in total. The number of thiophene rings is 1. The number of ketones is 1. The van der Waals surface area contributed by atoms with E-state index in [4.69, 9.17) is 4.74 Å². The maximum atomic E-state index is 12.8. The second-order valence-electron chi connectivity index (χ2n) is 6.86. The molecule has 3 rings (SSSR count). The molecule has 0 atom stereocenters. The summed E-state index contributed by atoms with van der Waals surface area (Å²) in [5.74, 6) is 0.276. The van der Waals surface area contributed by atoms with Gasteiger partial charge in [-0.1, -0.05) is 11.8 Å². The van der Waals surface area contributed by atoms with Crippen molar-refractivity contribution >= 4 is 39.1 Å². The smallest absolute Gasteiger partial charge is 0.262 e. The third-order valence-electron chi connectivity index (χ3n) is 5.09. The molecule has 0 aliphatic rings. The Balaban J connectivity index is 1.84. The highest BCUT2D eigenvalue weighted by Crippen LogP contribution is 2.28. The van der Waals surface area contributed by atoms with Gasteiger partial charge in [0.25, 0.3) is 5.56 Å². The molecule has 0 aromatic carbocycles. The monoisotopic (exact) mass is 419 g/mol. The zero-order chi connectivity index (χ0) is 20.6. The Morgan fingerprint density at radius 2 is 2.00 bits per heavy atom. The number of aromatic nitrogens is 3. The number of thioether (sulfide) groups is 1. The van der Waals surface area contributed by atoms with Gasteiger partial charge in [0.1, 0.15) is 4.83 Å². The molecule has 0 aliphatic heterocycles. The Morgan fingerprint density at radius 1 is 1.29 bits per heavy atom. The van der Waals surface area contributed by atoms with Crippen LogP contribution in [0.15, 0.2) is 16.0 Å². The minimum Gasteiger partial charge on any atom is -0.383 e. The lowest BCUT2D eigenvalue weighted by Crippen LogP contribution is -2.20. The number of hydrogen-bond donors (Lipinski definition) is 0. The SMILES string of the molecule is COCCn1c(C)cc(C(=O)CSc2nc3sc(C)c(C)c3c(=O)n2C)c1C. The lowest BCUT2D eigenvalue weighted by molar-refractivity contribution is 0.102. The van der Waals surface area contributed by atoms with Crippen LogP contribution in [0.2, 0.25) is 0 Å². The van der Waals surface area contributed by atoms with Gasteiger partial charge in [0.2, 0.25) is 0 Å². The fourth-order valence-corrected chi connectivity index (χ4v) is 5.23. The van der Waals surface area contributed by atoms with E-state index in [0.29, 0.717) is 17.1 Å². The van der Waals surface area contributed by atoms with Crippen molar-refractivity contribution < 1.29 is 9.53 Å². The minimum atomic E-state index is -0.0560. The molecule has 0 bridgehead atoms. The fourth-order valence-electron chi connectivity index (χ4n) is 3.30. The predicted octanol–water partition coefficient (Wildman–Crippen LogP) is 3.65. The molecule has 150 valence electrons. The fraction of sp³-hybridized carbons (Fsp3) is 0.450. The van der Waals surface area contributed by atoms with Gasteiger partial charge in [-0.05, 0) is 39.3 Å². The lowest BCUT2D eigenvalue weighted by Gasteiger charge is -2.09. The number of aryl methyl sites for hydroxylation is 3. The number of Topliss-reactive ketones (excluding diaryl/α,β-unsaturated/α-hetero) is 1. The van der Waals surface area contributed by atoms with Crippen LogP contribution >= 0.6 is 23.1 Å². The summed E-state index contributed by atoms with van der Waals surface area (Å²) in [4.78, 5) is 32.0. The Hall–Kier alpha value is -1.90. The minimum absolute atomic E-state index is 0.0367. The number of rotatable bonds is 7. The maximum absolute atomic E-state index is 12.8. The molecule has 3 aromatic rings. The zero-order valence-corrected chi connectivity index (χ0v) is 18.7. The van der Waals surface area contributed by atoms with E-state index in [-0.39, 0.29) is 17.1 Å². The van der Waals surface area contributed by atoms with Gasteiger partial charge in [-0.15, -0.1) is 11.3 Å². The molecule has 0 saturated heterocycles. The number of carbonyl (C=O) groups is 1. The van der Waals surface area contributed by atoms with Crippen molar-refractivity contribution in [1.82, 2.24) is 14.1 Å². The van der Waals surface area contributed by atoms with E-state index in [1.807, 2.05) is 33.8 Å². The first-order valence-corrected chi connectivity index (χ1v) is 10.8. The topological polar surface area (TPSA) is 66.1 Å². The number of ether oxygens (including phenoxy) is 1.